The van der Waals surface area contributed by atoms with Crippen LogP contribution in [-0.2, 0) is 33.2 Å². The molecule has 21 heavy (non-hydrogen) atoms. The molecule has 1 aliphatic rings. The zero-order valence-corrected chi connectivity index (χ0v) is 13.2. The van der Waals surface area contributed by atoms with Crippen LogP contribution < -0.4 is 0 Å². The van der Waals surface area contributed by atoms with E-state index in [9.17, 15) is 4.79 Å². The van der Waals surface area contributed by atoms with E-state index < -0.39 is 36.2 Å². The highest BCUT2D eigenvalue weighted by atomic mass is 16.7. The molecular weight excluding hydrogens is 280 g/mol. The second kappa shape index (κ2) is 7.86. The number of methoxy groups -OCH3 is 5. The summed E-state index contributed by atoms with van der Waals surface area (Å²) in [5.41, 5.74) is -1.40. The first-order valence-electron chi connectivity index (χ1n) is 6.54. The summed E-state index contributed by atoms with van der Waals surface area (Å²) in [6, 6.07) is 0. The van der Waals surface area contributed by atoms with Gasteiger partial charge in [-0.05, 0) is 0 Å². The molecule has 0 aromatic rings. The normalized spacial score (nSPS) is 36.2. The number of carbonyl (C=O) groups is 1. The van der Waals surface area contributed by atoms with E-state index in [1.54, 1.807) is 6.08 Å². The Morgan fingerprint density at radius 3 is 2.10 bits per heavy atom. The molecule has 1 rings (SSSR count). The lowest BCUT2D eigenvalue weighted by atomic mass is 9.83. The molecule has 0 aromatic heterocycles. The van der Waals surface area contributed by atoms with Crippen LogP contribution in [0.25, 0.3) is 0 Å². The van der Waals surface area contributed by atoms with E-state index in [1.165, 1.54) is 35.5 Å². The third-order valence-corrected chi connectivity index (χ3v) is 3.69. The van der Waals surface area contributed by atoms with Crippen LogP contribution in [0, 0.1) is 0 Å². The van der Waals surface area contributed by atoms with Crippen molar-refractivity contribution >= 4 is 5.97 Å². The molecule has 1 aliphatic heterocycles. The van der Waals surface area contributed by atoms with E-state index in [1.807, 2.05) is 0 Å². The predicted octanol–water partition coefficient (Wildman–Crippen LogP) is 0.522. The summed E-state index contributed by atoms with van der Waals surface area (Å²) in [5.74, 6) is -0.576. The number of carbonyl (C=O) groups excluding carboxylic acids is 1. The van der Waals surface area contributed by atoms with E-state index in [0.29, 0.717) is 0 Å². The van der Waals surface area contributed by atoms with Crippen molar-refractivity contribution in [1.82, 2.24) is 0 Å². The molecule has 0 aliphatic carbocycles. The minimum absolute atomic E-state index is 0.189. The molecular formula is C14H24O7. The van der Waals surface area contributed by atoms with Gasteiger partial charge in [-0.3, -0.25) is 0 Å². The van der Waals surface area contributed by atoms with Gasteiger partial charge >= 0.3 is 5.97 Å². The van der Waals surface area contributed by atoms with Crippen molar-refractivity contribution in [3.8, 4) is 0 Å². The number of rotatable bonds is 7. The Morgan fingerprint density at radius 1 is 1.10 bits per heavy atom. The standard InChI is InChI=1S/C14H24O7/c1-7-8-14(13(15)20-6)11(18-4)9(16-2)10(17-3)12(19-5)21-14/h7,9-12H,1,8H2,2-6H3/t9-,10-,11-,12+,14+/m1/s1. The van der Waals surface area contributed by atoms with Crippen molar-refractivity contribution in [3.63, 3.8) is 0 Å². The highest BCUT2D eigenvalue weighted by Crippen LogP contribution is 2.38. The summed E-state index contributed by atoms with van der Waals surface area (Å²) in [5, 5.41) is 0. The topological polar surface area (TPSA) is 72.5 Å². The van der Waals surface area contributed by atoms with E-state index in [0.717, 1.165) is 0 Å². The Morgan fingerprint density at radius 2 is 1.71 bits per heavy atom. The van der Waals surface area contributed by atoms with Crippen LogP contribution in [0.2, 0.25) is 0 Å². The molecule has 0 amide bonds. The van der Waals surface area contributed by atoms with Crippen molar-refractivity contribution < 1.29 is 33.2 Å². The van der Waals surface area contributed by atoms with E-state index in [2.05, 4.69) is 6.58 Å². The fourth-order valence-electron chi connectivity index (χ4n) is 2.74. The summed E-state index contributed by atoms with van der Waals surface area (Å²) < 4.78 is 32.4. The minimum atomic E-state index is -1.40. The van der Waals surface area contributed by atoms with Gasteiger partial charge in [0.2, 0.25) is 0 Å². The highest BCUT2D eigenvalue weighted by Gasteiger charge is 2.60. The average Bonchev–Trinajstić information content (AvgIpc) is 2.52. The first-order valence-corrected chi connectivity index (χ1v) is 6.54. The van der Waals surface area contributed by atoms with Gasteiger partial charge in [-0.15, -0.1) is 6.58 Å². The molecule has 5 atom stereocenters. The maximum atomic E-state index is 12.3. The van der Waals surface area contributed by atoms with Gasteiger partial charge in [-0.1, -0.05) is 6.08 Å². The Balaban J connectivity index is 3.32. The van der Waals surface area contributed by atoms with Gasteiger partial charge in [0.25, 0.3) is 0 Å². The molecule has 0 aromatic carbocycles. The molecule has 0 spiro atoms. The monoisotopic (exact) mass is 304 g/mol. The lowest BCUT2D eigenvalue weighted by Crippen LogP contribution is -2.69. The third-order valence-electron chi connectivity index (χ3n) is 3.69. The van der Waals surface area contributed by atoms with E-state index in [-0.39, 0.29) is 6.42 Å². The Kier molecular flexibility index (Phi) is 6.76. The van der Waals surface area contributed by atoms with Crippen LogP contribution in [0.15, 0.2) is 12.7 Å². The lowest BCUT2D eigenvalue weighted by molar-refractivity contribution is -0.331. The summed E-state index contributed by atoms with van der Waals surface area (Å²) in [6.45, 7) is 3.67. The fourth-order valence-corrected chi connectivity index (χ4v) is 2.74. The molecule has 0 N–H and O–H groups in total. The van der Waals surface area contributed by atoms with Gasteiger partial charge in [0.1, 0.15) is 18.3 Å². The van der Waals surface area contributed by atoms with Crippen LogP contribution in [-0.4, -0.2) is 71.7 Å². The maximum absolute atomic E-state index is 12.3. The predicted molar refractivity (Wildman–Crippen MR) is 73.8 cm³/mol. The first kappa shape index (κ1) is 18.1. The molecule has 1 saturated heterocycles. The summed E-state index contributed by atoms with van der Waals surface area (Å²) in [6.07, 6.45) is -0.899. The Labute approximate surface area is 125 Å². The minimum Gasteiger partial charge on any atom is -0.467 e. The van der Waals surface area contributed by atoms with E-state index >= 15 is 0 Å². The number of hydrogen-bond donors (Lipinski definition) is 0. The fraction of sp³-hybridized carbons (Fsp3) is 0.786. The van der Waals surface area contributed by atoms with Crippen molar-refractivity contribution in [2.24, 2.45) is 0 Å². The van der Waals surface area contributed by atoms with Crippen molar-refractivity contribution in [3.05, 3.63) is 12.7 Å². The van der Waals surface area contributed by atoms with Gasteiger partial charge in [-0.25, -0.2) is 4.79 Å². The molecule has 0 bridgehead atoms. The van der Waals surface area contributed by atoms with Crippen LogP contribution in [0.4, 0.5) is 0 Å². The molecule has 0 saturated carbocycles. The largest absolute Gasteiger partial charge is 0.467 e. The second-order valence-corrected chi connectivity index (χ2v) is 4.65. The SMILES string of the molecule is C=CC[C@]1(C(=O)OC)O[C@H](OC)[C@H](OC)[C@@H](OC)[C@H]1OC. The first-order chi connectivity index (χ1) is 10.1. The van der Waals surface area contributed by atoms with Crippen molar-refractivity contribution in [2.45, 2.75) is 36.6 Å². The molecule has 122 valence electrons. The van der Waals surface area contributed by atoms with Gasteiger partial charge in [-0.2, -0.15) is 0 Å². The van der Waals surface area contributed by atoms with Gasteiger partial charge in [0, 0.05) is 34.9 Å². The molecule has 0 radical (unpaired) electrons. The van der Waals surface area contributed by atoms with Gasteiger partial charge in [0.15, 0.2) is 11.9 Å². The smallest absolute Gasteiger partial charge is 0.341 e. The van der Waals surface area contributed by atoms with Crippen molar-refractivity contribution in [1.29, 1.82) is 0 Å². The molecule has 1 fully saturated rings. The molecule has 1 heterocycles. The van der Waals surface area contributed by atoms with Crippen molar-refractivity contribution in [2.75, 3.05) is 35.5 Å². The van der Waals surface area contributed by atoms with Crippen LogP contribution in [0.1, 0.15) is 6.42 Å². The molecule has 7 heteroatoms. The van der Waals surface area contributed by atoms with Crippen LogP contribution >= 0.6 is 0 Å². The molecule has 7 nitrogen and oxygen atoms in total. The Hall–Kier alpha value is -0.990. The average molecular weight is 304 g/mol. The maximum Gasteiger partial charge on any atom is 0.341 e. The number of hydrogen-bond acceptors (Lipinski definition) is 7. The summed E-state index contributed by atoms with van der Waals surface area (Å²) in [4.78, 5) is 12.3. The zero-order valence-electron chi connectivity index (χ0n) is 13.2. The second-order valence-electron chi connectivity index (χ2n) is 4.65. The summed E-state index contributed by atoms with van der Waals surface area (Å²) >= 11 is 0. The van der Waals surface area contributed by atoms with Gasteiger partial charge in [0.05, 0.1) is 7.11 Å². The van der Waals surface area contributed by atoms with Crippen LogP contribution in [0.3, 0.4) is 0 Å². The lowest BCUT2D eigenvalue weighted by Gasteiger charge is -2.49. The number of ether oxygens (including phenoxy) is 6. The third kappa shape index (κ3) is 3.12. The Bertz CT molecular complexity index is 359. The van der Waals surface area contributed by atoms with Crippen LogP contribution in [0.5, 0.6) is 0 Å². The molecule has 0 unspecified atom stereocenters. The van der Waals surface area contributed by atoms with Gasteiger partial charge < -0.3 is 28.4 Å². The number of esters is 1. The highest BCUT2D eigenvalue weighted by molar-refractivity contribution is 5.81. The summed E-state index contributed by atoms with van der Waals surface area (Å²) in [7, 11) is 7.25. The zero-order chi connectivity index (χ0) is 16.0. The van der Waals surface area contributed by atoms with E-state index in [4.69, 9.17) is 28.4 Å². The quantitative estimate of drug-likeness (QED) is 0.501.